The zero-order valence-electron chi connectivity index (χ0n) is 11.7. The van der Waals surface area contributed by atoms with Crippen LogP contribution < -0.4 is 5.32 Å². The molecule has 1 aliphatic rings. The zero-order chi connectivity index (χ0) is 15.1. The maximum atomic E-state index is 12.2. The molecule has 0 saturated carbocycles. The highest BCUT2D eigenvalue weighted by Crippen LogP contribution is 2.17. The number of nitrogens with zero attached hydrogens (tertiary/aromatic N) is 4. The largest absolute Gasteiger partial charge is 0.355 e. The average molecular weight is 287 g/mol. The Morgan fingerprint density at radius 1 is 1.38 bits per heavy atom. The van der Waals surface area contributed by atoms with E-state index in [1.807, 2.05) is 6.07 Å². The molecule has 0 bridgehead atoms. The van der Waals surface area contributed by atoms with E-state index in [9.17, 15) is 9.59 Å². The summed E-state index contributed by atoms with van der Waals surface area (Å²) in [6, 6.07) is 1.82. The van der Waals surface area contributed by atoms with Crippen LogP contribution in [0, 0.1) is 17.2 Å². The smallest absolute Gasteiger partial charge is 0.274 e. The number of carbonyl (C=O) groups excluding carboxylic acids is 2. The number of nitriles is 1. The van der Waals surface area contributed by atoms with E-state index in [-0.39, 0.29) is 18.2 Å². The maximum absolute atomic E-state index is 12.2. The third-order valence-electron chi connectivity index (χ3n) is 3.51. The Labute approximate surface area is 123 Å². The van der Waals surface area contributed by atoms with Crippen molar-refractivity contribution in [3.63, 3.8) is 0 Å². The van der Waals surface area contributed by atoms with E-state index in [2.05, 4.69) is 15.3 Å². The second kappa shape index (κ2) is 7.33. The lowest BCUT2D eigenvalue weighted by atomic mass is 9.96. The fraction of sp³-hybridized carbons (Fsp3) is 0.500. The van der Waals surface area contributed by atoms with E-state index in [1.54, 1.807) is 4.90 Å². The van der Waals surface area contributed by atoms with Gasteiger partial charge in [-0.25, -0.2) is 4.98 Å². The van der Waals surface area contributed by atoms with Crippen LogP contribution in [0.3, 0.4) is 0 Å². The summed E-state index contributed by atoms with van der Waals surface area (Å²) in [6.07, 6.45) is 6.07. The van der Waals surface area contributed by atoms with Gasteiger partial charge in [-0.1, -0.05) is 0 Å². The minimum Gasteiger partial charge on any atom is -0.355 e. The first kappa shape index (κ1) is 14.9. The molecule has 0 unspecified atom stereocenters. The quantitative estimate of drug-likeness (QED) is 0.862. The number of likely N-dealkylation sites (tertiary alicyclic amines) is 1. The lowest BCUT2D eigenvalue weighted by Gasteiger charge is -2.31. The summed E-state index contributed by atoms with van der Waals surface area (Å²) in [6.45, 7) is 1.86. The van der Waals surface area contributed by atoms with Crippen LogP contribution in [0.5, 0.6) is 0 Å². The summed E-state index contributed by atoms with van der Waals surface area (Å²) in [7, 11) is 0. The zero-order valence-corrected chi connectivity index (χ0v) is 11.7. The number of carbonyl (C=O) groups is 2. The summed E-state index contributed by atoms with van der Waals surface area (Å²) < 4.78 is 0. The highest BCUT2D eigenvalue weighted by Gasteiger charge is 2.24. The molecule has 2 heterocycles. The number of aromatic nitrogens is 2. The predicted octanol–water partition coefficient (Wildman–Crippen LogP) is 0.359. The van der Waals surface area contributed by atoms with Gasteiger partial charge < -0.3 is 10.2 Å². The van der Waals surface area contributed by atoms with E-state index >= 15 is 0 Å². The summed E-state index contributed by atoms with van der Waals surface area (Å²) in [5, 5.41) is 11.2. The first-order valence-corrected chi connectivity index (χ1v) is 6.89. The van der Waals surface area contributed by atoms with Crippen LogP contribution in [-0.4, -0.2) is 46.3 Å². The number of rotatable bonds is 4. The van der Waals surface area contributed by atoms with Gasteiger partial charge in [-0.2, -0.15) is 5.26 Å². The third-order valence-corrected chi connectivity index (χ3v) is 3.51. The van der Waals surface area contributed by atoms with Gasteiger partial charge in [0.25, 0.3) is 5.91 Å². The highest BCUT2D eigenvalue weighted by molar-refractivity contribution is 5.92. The van der Waals surface area contributed by atoms with Crippen LogP contribution in [-0.2, 0) is 4.79 Å². The van der Waals surface area contributed by atoms with E-state index in [0.29, 0.717) is 31.2 Å². The predicted molar refractivity (Wildman–Crippen MR) is 73.9 cm³/mol. The lowest BCUT2D eigenvalue weighted by molar-refractivity contribution is -0.120. The van der Waals surface area contributed by atoms with Crippen LogP contribution >= 0.6 is 0 Å². The number of hydrogen-bond acceptors (Lipinski definition) is 5. The molecule has 0 atom stereocenters. The van der Waals surface area contributed by atoms with Crippen molar-refractivity contribution in [1.29, 1.82) is 5.26 Å². The molecule has 1 N–H and O–H groups in total. The van der Waals surface area contributed by atoms with E-state index in [4.69, 9.17) is 5.26 Å². The molecule has 2 amide bonds. The highest BCUT2D eigenvalue weighted by atomic mass is 16.2. The number of amides is 2. The molecular weight excluding hydrogens is 270 g/mol. The SMILES string of the molecule is N#CCC(=O)NCC1CCN(C(=O)c2cnccn2)CC1. The van der Waals surface area contributed by atoms with Crippen molar-refractivity contribution in [3.05, 3.63) is 24.3 Å². The van der Waals surface area contributed by atoms with Crippen LogP contribution in [0.1, 0.15) is 29.8 Å². The monoisotopic (exact) mass is 287 g/mol. The van der Waals surface area contributed by atoms with Crippen molar-refractivity contribution in [2.24, 2.45) is 5.92 Å². The molecular formula is C14H17N5O2. The van der Waals surface area contributed by atoms with Crippen LogP contribution in [0.25, 0.3) is 0 Å². The van der Waals surface area contributed by atoms with Gasteiger partial charge in [0, 0.05) is 32.0 Å². The summed E-state index contributed by atoms with van der Waals surface area (Å²) in [4.78, 5) is 33.1. The normalized spacial score (nSPS) is 15.3. The van der Waals surface area contributed by atoms with Crippen molar-refractivity contribution in [2.45, 2.75) is 19.3 Å². The van der Waals surface area contributed by atoms with Crippen molar-refractivity contribution >= 4 is 11.8 Å². The Morgan fingerprint density at radius 2 is 2.14 bits per heavy atom. The lowest BCUT2D eigenvalue weighted by Crippen LogP contribution is -2.41. The molecule has 7 nitrogen and oxygen atoms in total. The molecule has 1 aliphatic heterocycles. The standard InChI is InChI=1S/C14H17N5O2/c15-4-1-13(20)18-9-11-2-7-19(8-3-11)14(21)12-10-16-5-6-17-12/h5-6,10-11H,1-3,7-9H2,(H,18,20). The van der Waals surface area contributed by atoms with Crippen molar-refractivity contribution in [3.8, 4) is 6.07 Å². The molecule has 0 radical (unpaired) electrons. The molecule has 7 heteroatoms. The molecule has 0 spiro atoms. The minimum absolute atomic E-state index is 0.102. The molecule has 2 rings (SSSR count). The Bertz CT molecular complexity index is 532. The molecule has 0 aromatic carbocycles. The van der Waals surface area contributed by atoms with Crippen LogP contribution in [0.4, 0.5) is 0 Å². The molecule has 1 saturated heterocycles. The Morgan fingerprint density at radius 3 is 2.76 bits per heavy atom. The van der Waals surface area contributed by atoms with Gasteiger partial charge in [0.05, 0.1) is 12.3 Å². The van der Waals surface area contributed by atoms with Crippen molar-refractivity contribution < 1.29 is 9.59 Å². The first-order valence-electron chi connectivity index (χ1n) is 6.89. The molecule has 1 fully saturated rings. The Kier molecular flexibility index (Phi) is 5.21. The molecule has 1 aromatic heterocycles. The van der Waals surface area contributed by atoms with E-state index in [1.165, 1.54) is 18.6 Å². The van der Waals surface area contributed by atoms with Gasteiger partial charge in [-0.05, 0) is 18.8 Å². The van der Waals surface area contributed by atoms with Gasteiger partial charge in [0.1, 0.15) is 12.1 Å². The first-order chi connectivity index (χ1) is 10.2. The van der Waals surface area contributed by atoms with Gasteiger partial charge in [0.15, 0.2) is 0 Å². The van der Waals surface area contributed by atoms with Crippen LogP contribution in [0.15, 0.2) is 18.6 Å². The van der Waals surface area contributed by atoms with E-state index in [0.717, 1.165) is 12.8 Å². The molecule has 21 heavy (non-hydrogen) atoms. The van der Waals surface area contributed by atoms with Gasteiger partial charge in [0.2, 0.25) is 5.91 Å². The van der Waals surface area contributed by atoms with Crippen molar-refractivity contribution in [1.82, 2.24) is 20.2 Å². The summed E-state index contributed by atoms with van der Waals surface area (Å²) in [5.74, 6) is 0.00387. The fourth-order valence-corrected chi connectivity index (χ4v) is 2.30. The number of piperidine rings is 1. The number of hydrogen-bond donors (Lipinski definition) is 1. The van der Waals surface area contributed by atoms with Crippen molar-refractivity contribution in [2.75, 3.05) is 19.6 Å². The summed E-state index contributed by atoms with van der Waals surface area (Å²) in [5.41, 5.74) is 0.360. The Hall–Kier alpha value is -2.49. The average Bonchev–Trinajstić information content (AvgIpc) is 2.54. The second-order valence-electron chi connectivity index (χ2n) is 4.97. The second-order valence-corrected chi connectivity index (χ2v) is 4.97. The minimum atomic E-state index is -0.240. The maximum Gasteiger partial charge on any atom is 0.274 e. The number of nitrogens with one attached hydrogen (secondary N) is 1. The van der Waals surface area contributed by atoms with Crippen LogP contribution in [0.2, 0.25) is 0 Å². The van der Waals surface area contributed by atoms with Gasteiger partial charge in [-0.3, -0.25) is 14.6 Å². The Balaban J connectivity index is 1.77. The summed E-state index contributed by atoms with van der Waals surface area (Å²) >= 11 is 0. The molecule has 0 aliphatic carbocycles. The van der Waals surface area contributed by atoms with E-state index < -0.39 is 0 Å². The molecule has 1 aromatic rings. The van der Waals surface area contributed by atoms with Gasteiger partial charge >= 0.3 is 0 Å². The van der Waals surface area contributed by atoms with Gasteiger partial charge in [-0.15, -0.1) is 0 Å². The molecule has 110 valence electrons. The third kappa shape index (κ3) is 4.24. The topological polar surface area (TPSA) is 99.0 Å². The fourth-order valence-electron chi connectivity index (χ4n) is 2.30.